The molecule has 0 amide bonds. The number of non-ortho nitro benzene ring substituents is 1. The zero-order valence-corrected chi connectivity index (χ0v) is 31.7. The third-order valence-electron chi connectivity index (χ3n) is 6.60. The van der Waals surface area contributed by atoms with Gasteiger partial charge in [0.25, 0.3) is 11.4 Å². The number of terminal acetylenes is 1. The van der Waals surface area contributed by atoms with Crippen LogP contribution in [0.4, 0.5) is 17.1 Å². The number of hydrogen-bond acceptors (Lipinski definition) is 18. The third kappa shape index (κ3) is 32.8. The molecule has 0 saturated heterocycles. The summed E-state index contributed by atoms with van der Waals surface area (Å²) in [5.74, 6) is 2.39. The molecule has 0 unspecified atom stereocenters. The predicted molar refractivity (Wildman–Crippen MR) is 198 cm³/mol. The quantitative estimate of drug-likeness (QED) is 0.0431. The van der Waals surface area contributed by atoms with Gasteiger partial charge in [0.15, 0.2) is 0 Å². The molecule has 0 aliphatic heterocycles. The highest BCUT2D eigenvalue weighted by molar-refractivity contribution is 5.65. The lowest BCUT2D eigenvalue weighted by Crippen LogP contribution is -2.16. The molecular formula is C35H59N3O17. The third-order valence-corrected chi connectivity index (χ3v) is 6.60. The first-order valence-corrected chi connectivity index (χ1v) is 18.2. The van der Waals surface area contributed by atoms with Crippen molar-refractivity contribution in [2.75, 3.05) is 184 Å². The van der Waals surface area contributed by atoms with Crippen LogP contribution in [-0.2, 0) is 61.6 Å². The normalized spacial score (nSPS) is 11.2. The molecule has 0 fully saturated rings. The molecule has 0 atom stereocenters. The Morgan fingerprint density at radius 1 is 0.455 bits per heavy atom. The minimum absolute atomic E-state index is 0.183. The van der Waals surface area contributed by atoms with Gasteiger partial charge in [-0.05, 0) is 6.07 Å². The van der Waals surface area contributed by atoms with E-state index in [1.54, 1.807) is 0 Å². The van der Waals surface area contributed by atoms with E-state index in [9.17, 15) is 20.2 Å². The summed E-state index contributed by atoms with van der Waals surface area (Å²) in [6, 6.07) is 3.42. The number of anilines is 1. The van der Waals surface area contributed by atoms with E-state index < -0.39 is 9.85 Å². The average molecular weight is 794 g/mol. The summed E-state index contributed by atoms with van der Waals surface area (Å²) in [7, 11) is 0. The van der Waals surface area contributed by atoms with Gasteiger partial charge in [-0.15, -0.1) is 6.42 Å². The van der Waals surface area contributed by atoms with Gasteiger partial charge >= 0.3 is 0 Å². The second kappa shape index (κ2) is 39.1. The minimum atomic E-state index is -0.683. The number of nitro groups is 2. The average Bonchev–Trinajstić information content (AvgIpc) is 3.18. The van der Waals surface area contributed by atoms with Crippen molar-refractivity contribution in [1.82, 2.24) is 0 Å². The van der Waals surface area contributed by atoms with E-state index in [0.717, 1.165) is 6.07 Å². The summed E-state index contributed by atoms with van der Waals surface area (Å²) in [6.45, 7) is 11.8. The second-order valence-electron chi connectivity index (χ2n) is 10.7. The van der Waals surface area contributed by atoms with Crippen molar-refractivity contribution in [2.24, 2.45) is 0 Å². The Labute approximate surface area is 322 Å². The molecule has 1 rings (SSSR count). The molecule has 0 radical (unpaired) electrons. The number of ether oxygens (including phenoxy) is 13. The Morgan fingerprint density at radius 2 is 0.745 bits per heavy atom. The van der Waals surface area contributed by atoms with Crippen molar-refractivity contribution in [3.8, 4) is 12.3 Å². The van der Waals surface area contributed by atoms with E-state index in [1.807, 2.05) is 0 Å². The molecule has 1 aromatic rings. The molecule has 20 heteroatoms. The van der Waals surface area contributed by atoms with Crippen LogP contribution in [0.5, 0.6) is 0 Å². The molecule has 1 aromatic carbocycles. The zero-order chi connectivity index (χ0) is 39.7. The lowest BCUT2D eigenvalue weighted by atomic mass is 10.2. The molecule has 316 valence electrons. The highest BCUT2D eigenvalue weighted by atomic mass is 16.6. The highest BCUT2D eigenvalue weighted by Gasteiger charge is 2.19. The molecular weight excluding hydrogens is 734 g/mol. The zero-order valence-electron chi connectivity index (χ0n) is 31.7. The molecule has 0 aromatic heterocycles. The van der Waals surface area contributed by atoms with Crippen LogP contribution in [0.3, 0.4) is 0 Å². The summed E-state index contributed by atoms with van der Waals surface area (Å²) < 4.78 is 70.4. The number of hydrogen-bond donors (Lipinski definition) is 1. The van der Waals surface area contributed by atoms with Crippen LogP contribution >= 0.6 is 0 Å². The van der Waals surface area contributed by atoms with Gasteiger partial charge < -0.3 is 66.9 Å². The topological polar surface area (TPSA) is 218 Å². The smallest absolute Gasteiger partial charge is 0.299 e. The van der Waals surface area contributed by atoms with Crippen molar-refractivity contribution in [2.45, 2.75) is 0 Å². The molecule has 0 saturated carbocycles. The van der Waals surface area contributed by atoms with Gasteiger partial charge in [-0.3, -0.25) is 20.2 Å². The summed E-state index contributed by atoms with van der Waals surface area (Å²) >= 11 is 0. The molecule has 1 N–H and O–H groups in total. The van der Waals surface area contributed by atoms with Crippen molar-refractivity contribution in [3.63, 3.8) is 0 Å². The first kappa shape index (κ1) is 49.9. The van der Waals surface area contributed by atoms with Crippen molar-refractivity contribution >= 4 is 17.1 Å². The second-order valence-corrected chi connectivity index (χ2v) is 10.7. The van der Waals surface area contributed by atoms with Gasteiger partial charge in [-0.2, -0.15) is 0 Å². The number of benzene rings is 1. The first-order chi connectivity index (χ1) is 27.1. The Bertz CT molecular complexity index is 1100. The van der Waals surface area contributed by atoms with Crippen LogP contribution in [-0.4, -0.2) is 188 Å². The van der Waals surface area contributed by atoms with Gasteiger partial charge in [-0.1, -0.05) is 5.92 Å². The monoisotopic (exact) mass is 793 g/mol. The summed E-state index contributed by atoms with van der Waals surface area (Å²) in [6.07, 6.45) is 5.08. The Kier molecular flexibility index (Phi) is 35.5. The van der Waals surface area contributed by atoms with E-state index in [4.69, 9.17) is 68.0 Å². The van der Waals surface area contributed by atoms with Crippen LogP contribution in [0.15, 0.2) is 18.2 Å². The molecule has 0 spiro atoms. The van der Waals surface area contributed by atoms with Gasteiger partial charge in [-0.25, -0.2) is 0 Å². The standard InChI is InChI=1S/C35H59N3O17/c1-2-6-43-8-10-45-12-14-47-16-18-49-20-22-51-24-26-53-28-30-55-31-29-54-27-25-52-23-21-50-19-17-48-15-13-46-11-9-44-7-5-36-34-4-3-33(37(39)40)32-35(34)38(41)42/h1,3-4,32,36H,5-31H2. The van der Waals surface area contributed by atoms with Crippen LogP contribution in [0.1, 0.15) is 0 Å². The molecule has 0 bridgehead atoms. The van der Waals surface area contributed by atoms with E-state index in [1.165, 1.54) is 12.1 Å². The first-order valence-electron chi connectivity index (χ1n) is 18.2. The number of rotatable bonds is 43. The molecule has 0 aliphatic rings. The SMILES string of the molecule is C#CCOCCOCCOCCOCCOCCOCCOCCOCCOCCOCCOCCOCCOCCNc1ccc([N+](=O)[O-])cc1[N+](=O)[O-]. The fourth-order valence-electron chi connectivity index (χ4n) is 3.96. The van der Waals surface area contributed by atoms with Gasteiger partial charge in [0.2, 0.25) is 0 Å². The Morgan fingerprint density at radius 3 is 1.02 bits per heavy atom. The fourth-order valence-corrected chi connectivity index (χ4v) is 3.96. The van der Waals surface area contributed by atoms with Crippen LogP contribution in [0.2, 0.25) is 0 Å². The maximum absolute atomic E-state index is 11.2. The van der Waals surface area contributed by atoms with E-state index in [0.29, 0.717) is 165 Å². The predicted octanol–water partition coefficient (Wildman–Crippen LogP) is 1.76. The van der Waals surface area contributed by atoms with Crippen LogP contribution in [0.25, 0.3) is 0 Å². The van der Waals surface area contributed by atoms with Crippen LogP contribution in [0, 0.1) is 32.6 Å². The number of nitrogens with zero attached hydrogens (tertiary/aromatic N) is 2. The fraction of sp³-hybridized carbons (Fsp3) is 0.771. The van der Waals surface area contributed by atoms with Crippen LogP contribution < -0.4 is 5.32 Å². The van der Waals surface area contributed by atoms with Gasteiger partial charge in [0.05, 0.1) is 181 Å². The van der Waals surface area contributed by atoms with Gasteiger partial charge in [0, 0.05) is 12.6 Å². The maximum atomic E-state index is 11.2. The summed E-state index contributed by atoms with van der Waals surface area (Å²) in [5.41, 5.74) is -0.534. The van der Waals surface area contributed by atoms with E-state index >= 15 is 0 Å². The summed E-state index contributed by atoms with van der Waals surface area (Å²) in [4.78, 5) is 20.6. The van der Waals surface area contributed by atoms with Gasteiger partial charge in [0.1, 0.15) is 12.3 Å². The molecule has 0 aliphatic carbocycles. The molecule has 0 heterocycles. The Hall–Kier alpha value is -3.14. The number of nitro benzene ring substituents is 2. The molecule has 55 heavy (non-hydrogen) atoms. The summed E-state index contributed by atoms with van der Waals surface area (Å²) in [5, 5.41) is 24.8. The highest BCUT2D eigenvalue weighted by Crippen LogP contribution is 2.28. The van der Waals surface area contributed by atoms with E-state index in [-0.39, 0.29) is 30.2 Å². The lowest BCUT2D eigenvalue weighted by Gasteiger charge is -2.09. The Balaban J connectivity index is 1.69. The largest absolute Gasteiger partial charge is 0.377 e. The van der Waals surface area contributed by atoms with E-state index in [2.05, 4.69) is 11.2 Å². The van der Waals surface area contributed by atoms with Crippen molar-refractivity contribution in [3.05, 3.63) is 38.4 Å². The lowest BCUT2D eigenvalue weighted by molar-refractivity contribution is -0.393. The minimum Gasteiger partial charge on any atom is -0.377 e. The maximum Gasteiger partial charge on any atom is 0.299 e. The molecule has 20 nitrogen and oxygen atoms in total. The van der Waals surface area contributed by atoms with Crippen molar-refractivity contribution in [1.29, 1.82) is 0 Å². The van der Waals surface area contributed by atoms with Crippen molar-refractivity contribution < 1.29 is 71.4 Å². The number of nitrogens with one attached hydrogen (secondary N) is 1.